The van der Waals surface area contributed by atoms with Crippen LogP contribution < -0.4 is 0 Å². The first-order valence-electron chi connectivity index (χ1n) is 13.5. The Bertz CT molecular complexity index is 1860. The highest BCUT2D eigenvalue weighted by Gasteiger charge is 2.47. The van der Waals surface area contributed by atoms with E-state index in [-0.39, 0.29) is 17.7 Å². The Balaban J connectivity index is 1.48. The fourth-order valence-corrected chi connectivity index (χ4v) is 5.68. The Kier molecular flexibility index (Phi) is 9.25. The van der Waals surface area contributed by atoms with E-state index in [1.54, 1.807) is 54.8 Å². The molecular weight excluding hydrogens is 604 g/mol. The molecule has 0 aliphatic heterocycles. The molecule has 0 spiro atoms. The second-order valence-corrected chi connectivity index (χ2v) is 10.9. The van der Waals surface area contributed by atoms with Gasteiger partial charge in [0.15, 0.2) is 5.60 Å². The molecule has 0 radical (unpaired) electrons. The Hall–Kier alpha value is -5.48. The van der Waals surface area contributed by atoms with Gasteiger partial charge in [-0.2, -0.15) is 10.4 Å². The van der Waals surface area contributed by atoms with Crippen molar-refractivity contribution in [3.63, 3.8) is 0 Å². The Morgan fingerprint density at radius 2 is 1.89 bits per heavy atom. The van der Waals surface area contributed by atoms with E-state index in [0.29, 0.717) is 22.3 Å². The van der Waals surface area contributed by atoms with E-state index >= 15 is 4.39 Å². The van der Waals surface area contributed by atoms with Crippen LogP contribution in [0.5, 0.6) is 0 Å². The zero-order valence-corrected chi connectivity index (χ0v) is 24.8. The minimum absolute atomic E-state index is 0.171. The molecule has 2 aromatic heterocycles. The maximum atomic E-state index is 15.6. The van der Waals surface area contributed by atoms with Gasteiger partial charge in [-0.15, -0.1) is 11.3 Å². The first kappa shape index (κ1) is 31.0. The molecule has 2 atom stereocenters. The molecule has 10 nitrogen and oxygen atoms in total. The maximum absolute atomic E-state index is 15.6. The number of aromatic nitrogens is 4. The summed E-state index contributed by atoms with van der Waals surface area (Å²) in [6, 6.07) is 18.4. The van der Waals surface area contributed by atoms with Crippen molar-refractivity contribution in [1.29, 1.82) is 5.26 Å². The number of thiazole rings is 1. The molecule has 13 heteroatoms. The maximum Gasteiger partial charge on any atom is 0.512 e. The van der Waals surface area contributed by atoms with Gasteiger partial charge in [0.1, 0.15) is 29.3 Å². The normalized spacial score (nSPS) is 12.9. The largest absolute Gasteiger partial charge is 0.512 e. The molecule has 0 fully saturated rings. The van der Waals surface area contributed by atoms with Gasteiger partial charge in [-0.3, -0.25) is 0 Å². The second-order valence-electron chi connectivity index (χ2n) is 10.0. The van der Waals surface area contributed by atoms with E-state index in [9.17, 15) is 14.0 Å². The quantitative estimate of drug-likeness (QED) is 0.125. The van der Waals surface area contributed by atoms with Crippen LogP contribution in [0.25, 0.3) is 11.3 Å². The molecule has 0 saturated carbocycles. The number of hydrogen-bond acceptors (Lipinski definition) is 10. The fraction of sp³-hybridized carbons (Fsp3) is 0.188. The molecule has 0 amide bonds. The van der Waals surface area contributed by atoms with Crippen molar-refractivity contribution in [3.05, 3.63) is 124 Å². The summed E-state index contributed by atoms with van der Waals surface area (Å²) in [6.07, 6.45) is 1.32. The minimum atomic E-state index is -1.90. The molecule has 45 heavy (non-hydrogen) atoms. The van der Waals surface area contributed by atoms with E-state index in [1.165, 1.54) is 34.7 Å². The molecule has 5 rings (SSSR count). The van der Waals surface area contributed by atoms with Gasteiger partial charge in [-0.1, -0.05) is 36.8 Å². The van der Waals surface area contributed by atoms with Crippen LogP contribution in [0.15, 0.2) is 84.8 Å². The van der Waals surface area contributed by atoms with Crippen molar-refractivity contribution in [2.45, 2.75) is 31.9 Å². The standard InChI is InChI=1S/C32H25F2N5O5S/c1-20-4-3-5-24(12-20)30(40)42-19-43-31(41)44-32(16-39-18-36-17-37-39,26-11-10-25(33)13-27(26)34)21(2)29-38-28(15-45-29)23-8-6-22(14-35)7-9-23/h3-13,15,17-18,21H,16,19H2,1-2H3/t21-,32+/m0/s1. The number of benzene rings is 3. The Labute approximate surface area is 260 Å². The summed E-state index contributed by atoms with van der Waals surface area (Å²) in [5, 5.41) is 15.5. The molecule has 3 aromatic carbocycles. The number of hydrogen-bond donors (Lipinski definition) is 0. The number of aryl methyl sites for hydroxylation is 1. The molecular formula is C32H25F2N5O5S. The van der Waals surface area contributed by atoms with Crippen LogP contribution in [-0.2, 0) is 26.4 Å². The van der Waals surface area contributed by atoms with E-state index in [4.69, 9.17) is 24.5 Å². The number of rotatable bonds is 10. The first-order chi connectivity index (χ1) is 21.7. The van der Waals surface area contributed by atoms with E-state index < -0.39 is 42.1 Å². The molecule has 0 N–H and O–H groups in total. The van der Waals surface area contributed by atoms with Crippen molar-refractivity contribution < 1.29 is 32.6 Å². The van der Waals surface area contributed by atoms with Crippen LogP contribution in [0.1, 0.15) is 44.9 Å². The lowest BCUT2D eigenvalue weighted by atomic mass is 9.81. The van der Waals surface area contributed by atoms with Gasteiger partial charge in [-0.25, -0.2) is 33.0 Å². The van der Waals surface area contributed by atoms with E-state index in [1.807, 2.05) is 13.0 Å². The highest BCUT2D eigenvalue weighted by atomic mass is 32.1. The fourth-order valence-electron chi connectivity index (χ4n) is 4.72. The topological polar surface area (TPSA) is 129 Å². The lowest BCUT2D eigenvalue weighted by molar-refractivity contribution is -0.0881. The van der Waals surface area contributed by atoms with Gasteiger partial charge in [-0.05, 0) is 43.3 Å². The predicted molar refractivity (Wildman–Crippen MR) is 158 cm³/mol. The zero-order valence-electron chi connectivity index (χ0n) is 24.0. The van der Waals surface area contributed by atoms with E-state index in [2.05, 4.69) is 16.2 Å². The summed E-state index contributed by atoms with van der Waals surface area (Å²) >= 11 is 1.23. The van der Waals surface area contributed by atoms with Gasteiger partial charge in [0.25, 0.3) is 0 Å². The molecule has 2 heterocycles. The minimum Gasteiger partial charge on any atom is -0.424 e. The number of nitrogens with zero attached hydrogens (tertiary/aromatic N) is 5. The summed E-state index contributed by atoms with van der Waals surface area (Å²) in [4.78, 5) is 34.3. The summed E-state index contributed by atoms with van der Waals surface area (Å²) in [6.45, 7) is 2.43. The Morgan fingerprint density at radius 1 is 1.09 bits per heavy atom. The van der Waals surface area contributed by atoms with Gasteiger partial charge < -0.3 is 14.2 Å². The lowest BCUT2D eigenvalue weighted by Crippen LogP contribution is -2.43. The number of halogens is 2. The Morgan fingerprint density at radius 3 is 2.58 bits per heavy atom. The highest BCUT2D eigenvalue weighted by molar-refractivity contribution is 7.10. The number of carbonyl (C=O) groups excluding carboxylic acids is 2. The van der Waals surface area contributed by atoms with Crippen molar-refractivity contribution in [3.8, 4) is 17.3 Å². The van der Waals surface area contributed by atoms with Crippen LogP contribution in [0, 0.1) is 29.9 Å². The smallest absolute Gasteiger partial charge is 0.424 e. The first-order valence-corrected chi connectivity index (χ1v) is 14.4. The van der Waals surface area contributed by atoms with Crippen molar-refractivity contribution in [2.24, 2.45) is 0 Å². The number of esters is 1. The van der Waals surface area contributed by atoms with Gasteiger partial charge >= 0.3 is 12.1 Å². The monoisotopic (exact) mass is 629 g/mol. The molecule has 0 bridgehead atoms. The molecule has 5 aromatic rings. The summed E-state index contributed by atoms with van der Waals surface area (Å²) < 4.78 is 47.1. The van der Waals surface area contributed by atoms with Crippen molar-refractivity contribution >= 4 is 23.5 Å². The lowest BCUT2D eigenvalue weighted by Gasteiger charge is -2.37. The van der Waals surface area contributed by atoms with Gasteiger partial charge in [0, 0.05) is 22.6 Å². The van der Waals surface area contributed by atoms with Crippen LogP contribution in [0.3, 0.4) is 0 Å². The summed E-state index contributed by atoms with van der Waals surface area (Å²) in [5.74, 6) is -3.40. The molecule has 0 unspecified atom stereocenters. The van der Waals surface area contributed by atoms with Crippen LogP contribution in [0.4, 0.5) is 13.6 Å². The van der Waals surface area contributed by atoms with Crippen LogP contribution in [-0.4, -0.2) is 38.7 Å². The van der Waals surface area contributed by atoms with E-state index in [0.717, 1.165) is 17.2 Å². The molecule has 0 saturated heterocycles. The summed E-state index contributed by atoms with van der Waals surface area (Å²) in [7, 11) is 0. The number of carbonyl (C=O) groups is 2. The van der Waals surface area contributed by atoms with Crippen molar-refractivity contribution in [1.82, 2.24) is 19.7 Å². The van der Waals surface area contributed by atoms with Crippen LogP contribution in [0.2, 0.25) is 0 Å². The zero-order chi connectivity index (χ0) is 32.0. The average Bonchev–Trinajstić information content (AvgIpc) is 3.73. The predicted octanol–water partition coefficient (Wildman–Crippen LogP) is 6.53. The SMILES string of the molecule is Cc1cccc(C(=O)OCOC(=O)O[C@@](Cn2cncn2)(c2ccc(F)cc2F)[C@@H](C)c2nc(-c3ccc(C#N)cc3)cs2)c1. The third-order valence-electron chi connectivity index (χ3n) is 7.04. The number of nitriles is 1. The molecule has 0 aliphatic rings. The van der Waals surface area contributed by atoms with Gasteiger partial charge in [0.2, 0.25) is 6.79 Å². The highest BCUT2D eigenvalue weighted by Crippen LogP contribution is 2.45. The molecule has 228 valence electrons. The number of ether oxygens (including phenoxy) is 3. The van der Waals surface area contributed by atoms with Crippen LogP contribution >= 0.6 is 11.3 Å². The molecule has 0 aliphatic carbocycles. The third kappa shape index (κ3) is 7.02. The summed E-state index contributed by atoms with van der Waals surface area (Å²) in [5.41, 5.74) is 0.816. The van der Waals surface area contributed by atoms with Crippen molar-refractivity contribution in [2.75, 3.05) is 6.79 Å². The average molecular weight is 630 g/mol. The third-order valence-corrected chi connectivity index (χ3v) is 8.07. The van der Waals surface area contributed by atoms with Gasteiger partial charge in [0.05, 0.1) is 35.4 Å². The second kappa shape index (κ2) is 13.4.